The predicted octanol–water partition coefficient (Wildman–Crippen LogP) is 2.52. The molecule has 0 spiro atoms. The summed E-state index contributed by atoms with van der Waals surface area (Å²) in [5.74, 6) is 1.05. The third kappa shape index (κ3) is 3.42. The molecule has 1 aromatic heterocycles. The normalized spacial score (nSPS) is 17.4. The molecule has 4 nitrogen and oxygen atoms in total. The van der Waals surface area contributed by atoms with Crippen LogP contribution in [0, 0.1) is 5.41 Å². The lowest BCUT2D eigenvalue weighted by atomic mass is 9.76. The van der Waals surface area contributed by atoms with Gasteiger partial charge in [0.15, 0.2) is 5.78 Å². The maximum atomic E-state index is 12.1. The first-order valence-electron chi connectivity index (χ1n) is 7.55. The van der Waals surface area contributed by atoms with E-state index < -0.39 is 0 Å². The summed E-state index contributed by atoms with van der Waals surface area (Å²) >= 11 is 0. The van der Waals surface area contributed by atoms with Crippen molar-refractivity contribution in [2.75, 3.05) is 19.6 Å². The minimum atomic E-state index is 0.0224. The first kappa shape index (κ1) is 15.1. The van der Waals surface area contributed by atoms with Gasteiger partial charge in [-0.05, 0) is 24.9 Å². The maximum Gasteiger partial charge on any atom is 0.166 e. The number of ketones is 1. The van der Waals surface area contributed by atoms with Crippen LogP contribution in [0.4, 0.5) is 0 Å². The van der Waals surface area contributed by atoms with Gasteiger partial charge in [-0.25, -0.2) is 9.97 Å². The van der Waals surface area contributed by atoms with Crippen LogP contribution in [0.15, 0.2) is 6.20 Å². The summed E-state index contributed by atoms with van der Waals surface area (Å²) in [6, 6.07) is 0. The maximum absolute atomic E-state index is 12.1. The molecule has 110 valence electrons. The summed E-state index contributed by atoms with van der Waals surface area (Å²) in [5, 5.41) is 0. The Morgan fingerprint density at radius 3 is 2.60 bits per heavy atom. The van der Waals surface area contributed by atoms with Gasteiger partial charge in [0.05, 0.1) is 11.3 Å². The molecule has 1 aromatic rings. The van der Waals surface area contributed by atoms with Crippen molar-refractivity contribution >= 4 is 5.78 Å². The Balaban J connectivity index is 2.13. The molecule has 0 saturated heterocycles. The fraction of sp³-hybridized carbons (Fsp3) is 0.688. The van der Waals surface area contributed by atoms with E-state index in [2.05, 4.69) is 42.6 Å². The van der Waals surface area contributed by atoms with Crippen molar-refractivity contribution < 1.29 is 4.79 Å². The van der Waals surface area contributed by atoms with Crippen molar-refractivity contribution in [3.8, 4) is 0 Å². The van der Waals surface area contributed by atoms with Gasteiger partial charge in [0.25, 0.3) is 0 Å². The number of carbonyl (C=O) groups excluding carboxylic acids is 1. The Morgan fingerprint density at radius 2 is 1.95 bits per heavy atom. The van der Waals surface area contributed by atoms with E-state index in [4.69, 9.17) is 0 Å². The summed E-state index contributed by atoms with van der Waals surface area (Å²) in [6.45, 7) is 11.7. The zero-order chi connectivity index (χ0) is 14.8. The van der Waals surface area contributed by atoms with Gasteiger partial charge in [-0.2, -0.15) is 0 Å². The largest absolute Gasteiger partial charge is 0.303 e. The molecule has 0 aliphatic heterocycles. The van der Waals surface area contributed by atoms with E-state index >= 15 is 0 Å². The van der Waals surface area contributed by atoms with E-state index in [0.29, 0.717) is 6.42 Å². The smallest absolute Gasteiger partial charge is 0.166 e. The first-order valence-corrected chi connectivity index (χ1v) is 7.55. The lowest BCUT2D eigenvalue weighted by molar-refractivity contribution is 0.0909. The van der Waals surface area contributed by atoms with Crippen LogP contribution in [-0.4, -0.2) is 40.3 Å². The van der Waals surface area contributed by atoms with Crippen molar-refractivity contribution in [1.29, 1.82) is 0 Å². The lowest BCUT2D eigenvalue weighted by Crippen LogP contribution is -2.29. The Bertz CT molecular complexity index is 492. The monoisotopic (exact) mass is 275 g/mol. The predicted molar refractivity (Wildman–Crippen MR) is 80.0 cm³/mol. The molecule has 0 N–H and O–H groups in total. The molecule has 20 heavy (non-hydrogen) atoms. The second kappa shape index (κ2) is 6.00. The number of hydrogen-bond acceptors (Lipinski definition) is 4. The molecule has 0 radical (unpaired) electrons. The Labute approximate surface area is 121 Å². The Kier molecular flexibility index (Phi) is 4.53. The minimum Gasteiger partial charge on any atom is -0.303 e. The number of fused-ring (bicyclic) bond motifs is 1. The minimum absolute atomic E-state index is 0.0224. The van der Waals surface area contributed by atoms with Gasteiger partial charge in [-0.3, -0.25) is 4.79 Å². The zero-order valence-corrected chi connectivity index (χ0v) is 13.1. The Hall–Kier alpha value is -1.29. The van der Waals surface area contributed by atoms with Gasteiger partial charge in [-0.1, -0.05) is 27.7 Å². The SMILES string of the molecule is CCN(CC)CCc1ncc2c(n1)CC(C)(C)CC2=O. The molecule has 0 unspecified atom stereocenters. The fourth-order valence-electron chi connectivity index (χ4n) is 2.79. The standard InChI is InChI=1S/C16H25N3O/c1-5-19(6-2)8-7-15-17-11-12-13(18-15)9-16(3,4)10-14(12)20/h11H,5-10H2,1-4H3. The second-order valence-electron chi connectivity index (χ2n) is 6.36. The molecule has 0 aromatic carbocycles. The first-order chi connectivity index (χ1) is 9.45. The van der Waals surface area contributed by atoms with Crippen LogP contribution in [0.2, 0.25) is 0 Å². The zero-order valence-electron chi connectivity index (χ0n) is 13.1. The molecule has 0 saturated carbocycles. The molecule has 0 bridgehead atoms. The van der Waals surface area contributed by atoms with Crippen molar-refractivity contribution in [1.82, 2.24) is 14.9 Å². The Morgan fingerprint density at radius 1 is 1.25 bits per heavy atom. The van der Waals surface area contributed by atoms with Crippen LogP contribution in [0.1, 0.15) is 56.0 Å². The number of aromatic nitrogens is 2. The molecule has 1 heterocycles. The van der Waals surface area contributed by atoms with Crippen molar-refractivity contribution in [3.63, 3.8) is 0 Å². The molecule has 2 rings (SSSR count). The van der Waals surface area contributed by atoms with Crippen LogP contribution in [0.25, 0.3) is 0 Å². The average Bonchev–Trinajstić information content (AvgIpc) is 2.38. The summed E-state index contributed by atoms with van der Waals surface area (Å²) in [4.78, 5) is 23.5. The van der Waals surface area contributed by atoms with Crippen molar-refractivity contribution in [2.24, 2.45) is 5.41 Å². The van der Waals surface area contributed by atoms with E-state index in [9.17, 15) is 4.79 Å². The van der Waals surface area contributed by atoms with E-state index in [1.165, 1.54) is 0 Å². The highest BCUT2D eigenvalue weighted by Gasteiger charge is 2.32. The van der Waals surface area contributed by atoms with E-state index in [1.807, 2.05) is 0 Å². The highest BCUT2D eigenvalue weighted by atomic mass is 16.1. The molecule has 0 fully saturated rings. The van der Waals surface area contributed by atoms with Crippen LogP contribution < -0.4 is 0 Å². The second-order valence-corrected chi connectivity index (χ2v) is 6.36. The molecule has 0 atom stereocenters. The number of nitrogens with zero attached hydrogens (tertiary/aromatic N) is 3. The summed E-state index contributed by atoms with van der Waals surface area (Å²) in [6.07, 6.45) is 4.05. The van der Waals surface area contributed by atoms with Gasteiger partial charge in [-0.15, -0.1) is 0 Å². The van der Waals surface area contributed by atoms with Crippen LogP contribution in [-0.2, 0) is 12.8 Å². The number of hydrogen-bond donors (Lipinski definition) is 0. The number of likely N-dealkylation sites (N-methyl/N-ethyl adjacent to an activating group) is 1. The summed E-state index contributed by atoms with van der Waals surface area (Å²) in [7, 11) is 0. The van der Waals surface area contributed by atoms with Crippen molar-refractivity contribution in [2.45, 2.75) is 47.0 Å². The summed E-state index contributed by atoms with van der Waals surface area (Å²) in [5.41, 5.74) is 1.70. The third-order valence-corrected chi connectivity index (χ3v) is 4.05. The molecule has 1 aliphatic carbocycles. The van der Waals surface area contributed by atoms with Crippen LogP contribution in [0.5, 0.6) is 0 Å². The number of carbonyl (C=O) groups is 1. The number of Topliss-reactive ketones (excluding diaryl/α,β-unsaturated/α-hetero) is 1. The third-order valence-electron chi connectivity index (χ3n) is 4.05. The van der Waals surface area contributed by atoms with Gasteiger partial charge < -0.3 is 4.90 Å². The topological polar surface area (TPSA) is 46.1 Å². The molecule has 4 heteroatoms. The quantitative estimate of drug-likeness (QED) is 0.828. The highest BCUT2D eigenvalue weighted by Crippen LogP contribution is 2.33. The van der Waals surface area contributed by atoms with E-state index in [1.54, 1.807) is 6.20 Å². The molecule has 1 aliphatic rings. The van der Waals surface area contributed by atoms with Gasteiger partial charge in [0.1, 0.15) is 5.82 Å². The molecular weight excluding hydrogens is 250 g/mol. The van der Waals surface area contributed by atoms with Gasteiger partial charge in [0, 0.05) is 25.6 Å². The number of rotatable bonds is 5. The average molecular weight is 275 g/mol. The molecule has 0 amide bonds. The lowest BCUT2D eigenvalue weighted by Gasteiger charge is -2.29. The summed E-state index contributed by atoms with van der Waals surface area (Å²) < 4.78 is 0. The fourth-order valence-corrected chi connectivity index (χ4v) is 2.79. The molecular formula is C16H25N3O. The van der Waals surface area contributed by atoms with Gasteiger partial charge >= 0.3 is 0 Å². The van der Waals surface area contributed by atoms with E-state index in [0.717, 1.165) is 49.6 Å². The van der Waals surface area contributed by atoms with E-state index in [-0.39, 0.29) is 11.2 Å². The highest BCUT2D eigenvalue weighted by molar-refractivity contribution is 5.98. The van der Waals surface area contributed by atoms with Crippen LogP contribution in [0.3, 0.4) is 0 Å². The van der Waals surface area contributed by atoms with Crippen LogP contribution >= 0.6 is 0 Å². The van der Waals surface area contributed by atoms with Crippen molar-refractivity contribution in [3.05, 3.63) is 23.3 Å². The van der Waals surface area contributed by atoms with Gasteiger partial charge in [0.2, 0.25) is 0 Å².